The van der Waals surface area contributed by atoms with Crippen molar-refractivity contribution in [3.05, 3.63) is 87.6 Å². The summed E-state index contributed by atoms with van der Waals surface area (Å²) in [6, 6.07) is 16.8. The molecule has 1 aliphatic rings. The second-order valence-corrected chi connectivity index (χ2v) is 9.35. The number of carbonyl (C=O) groups is 2. The van der Waals surface area contributed by atoms with Crippen molar-refractivity contribution in [3.63, 3.8) is 0 Å². The van der Waals surface area contributed by atoms with Crippen LogP contribution in [-0.2, 0) is 4.79 Å². The Morgan fingerprint density at radius 2 is 1.76 bits per heavy atom. The Balaban J connectivity index is 1.77. The summed E-state index contributed by atoms with van der Waals surface area (Å²) < 4.78 is 0. The number of aliphatic hydroxyl groups is 1. The molecule has 0 saturated heterocycles. The Morgan fingerprint density at radius 1 is 1.06 bits per heavy atom. The predicted molar refractivity (Wildman–Crippen MR) is 131 cm³/mol. The molecular formula is C27H28N2O3S. The van der Waals surface area contributed by atoms with Gasteiger partial charge in [0.25, 0.3) is 5.91 Å². The highest BCUT2D eigenvalue weighted by Gasteiger charge is 2.44. The van der Waals surface area contributed by atoms with Crippen molar-refractivity contribution in [1.29, 1.82) is 0 Å². The highest BCUT2D eigenvalue weighted by atomic mass is 32.1. The van der Waals surface area contributed by atoms with Gasteiger partial charge < -0.3 is 10.0 Å². The molecule has 6 heteroatoms. The summed E-state index contributed by atoms with van der Waals surface area (Å²) in [7, 11) is 0. The first-order valence-electron chi connectivity index (χ1n) is 11.3. The molecule has 1 aromatic heterocycles. The van der Waals surface area contributed by atoms with Crippen LogP contribution in [0.4, 0.5) is 0 Å². The van der Waals surface area contributed by atoms with Crippen LogP contribution < -0.4 is 0 Å². The first-order valence-corrected chi connectivity index (χ1v) is 12.1. The largest absolute Gasteiger partial charge is 0.503 e. The lowest BCUT2D eigenvalue weighted by molar-refractivity contribution is -0.129. The minimum Gasteiger partial charge on any atom is -0.503 e. The van der Waals surface area contributed by atoms with Crippen molar-refractivity contribution in [2.24, 2.45) is 0 Å². The van der Waals surface area contributed by atoms with E-state index in [1.165, 1.54) is 11.3 Å². The zero-order valence-corrected chi connectivity index (χ0v) is 20.0. The minimum atomic E-state index is -0.607. The molecule has 2 aromatic carbocycles. The first kappa shape index (κ1) is 22.9. The van der Waals surface area contributed by atoms with Crippen LogP contribution in [0.15, 0.2) is 65.9 Å². The summed E-state index contributed by atoms with van der Waals surface area (Å²) in [6.07, 6.45) is 2.81. The molecule has 5 nitrogen and oxygen atoms in total. The second kappa shape index (κ2) is 9.71. The van der Waals surface area contributed by atoms with Crippen molar-refractivity contribution >= 4 is 23.0 Å². The van der Waals surface area contributed by atoms with Gasteiger partial charge in [0.15, 0.2) is 5.76 Å². The average Bonchev–Trinajstić information content (AvgIpc) is 3.33. The van der Waals surface area contributed by atoms with Crippen LogP contribution in [0.25, 0.3) is 10.6 Å². The zero-order valence-electron chi connectivity index (χ0n) is 19.2. The van der Waals surface area contributed by atoms with Crippen LogP contribution in [0.1, 0.15) is 58.7 Å². The van der Waals surface area contributed by atoms with Gasteiger partial charge in [-0.25, -0.2) is 4.98 Å². The highest BCUT2D eigenvalue weighted by molar-refractivity contribution is 7.17. The first-order chi connectivity index (χ1) is 15.9. The number of aromatic nitrogens is 1. The topological polar surface area (TPSA) is 70.5 Å². The summed E-state index contributed by atoms with van der Waals surface area (Å²) in [4.78, 5) is 33.6. The number of carbonyl (C=O) groups excluding carboxylic acids is 2. The maximum atomic E-state index is 13.8. The Bertz CT molecular complexity index is 1210. The average molecular weight is 461 g/mol. The van der Waals surface area contributed by atoms with Gasteiger partial charge >= 0.3 is 0 Å². The fraction of sp³-hybridized carbons (Fsp3) is 0.296. The molecular weight excluding hydrogens is 432 g/mol. The van der Waals surface area contributed by atoms with E-state index in [1.54, 1.807) is 11.8 Å². The Hall–Kier alpha value is -3.25. The van der Waals surface area contributed by atoms with E-state index in [0.29, 0.717) is 17.1 Å². The Kier molecular flexibility index (Phi) is 6.75. The predicted octanol–water partition coefficient (Wildman–Crippen LogP) is 6.20. The van der Waals surface area contributed by atoms with Gasteiger partial charge in [0.2, 0.25) is 5.78 Å². The molecule has 0 spiro atoms. The van der Waals surface area contributed by atoms with Crippen molar-refractivity contribution in [2.75, 3.05) is 6.54 Å². The number of aliphatic hydroxyl groups excluding tert-OH is 1. The van der Waals surface area contributed by atoms with Crippen molar-refractivity contribution in [3.8, 4) is 10.6 Å². The molecule has 0 saturated carbocycles. The lowest BCUT2D eigenvalue weighted by Crippen LogP contribution is -2.32. The second-order valence-electron chi connectivity index (χ2n) is 8.36. The zero-order chi connectivity index (χ0) is 23.5. The van der Waals surface area contributed by atoms with Crippen molar-refractivity contribution in [1.82, 2.24) is 9.88 Å². The number of unbranched alkanes of at least 4 members (excludes halogenated alkanes) is 2. The van der Waals surface area contributed by atoms with Gasteiger partial charge in [-0.05, 0) is 31.4 Å². The van der Waals surface area contributed by atoms with Crippen LogP contribution >= 0.6 is 11.3 Å². The molecule has 1 atom stereocenters. The van der Waals surface area contributed by atoms with E-state index in [9.17, 15) is 14.7 Å². The smallest absolute Gasteiger partial charge is 0.290 e. The molecule has 170 valence electrons. The maximum absolute atomic E-state index is 13.8. The number of benzene rings is 2. The van der Waals surface area contributed by atoms with Crippen LogP contribution in [0.5, 0.6) is 0 Å². The van der Waals surface area contributed by atoms with Crippen molar-refractivity contribution in [2.45, 2.75) is 46.1 Å². The number of aryl methyl sites for hydroxylation is 2. The van der Waals surface area contributed by atoms with E-state index >= 15 is 0 Å². The van der Waals surface area contributed by atoms with Crippen LogP contribution in [0, 0.1) is 13.8 Å². The molecule has 1 unspecified atom stereocenters. The molecule has 0 bridgehead atoms. The molecule has 33 heavy (non-hydrogen) atoms. The van der Waals surface area contributed by atoms with E-state index in [2.05, 4.69) is 11.9 Å². The number of hydrogen-bond acceptors (Lipinski definition) is 5. The number of thiazole rings is 1. The van der Waals surface area contributed by atoms with E-state index in [4.69, 9.17) is 0 Å². The van der Waals surface area contributed by atoms with Crippen molar-refractivity contribution < 1.29 is 14.7 Å². The normalized spacial score (nSPS) is 16.0. The van der Waals surface area contributed by atoms with Gasteiger partial charge in [0.05, 0.1) is 22.2 Å². The third-order valence-corrected chi connectivity index (χ3v) is 7.26. The minimum absolute atomic E-state index is 0.150. The Morgan fingerprint density at radius 3 is 2.45 bits per heavy atom. The summed E-state index contributed by atoms with van der Waals surface area (Å²) in [5.74, 6) is -1.25. The van der Waals surface area contributed by atoms with Gasteiger partial charge in [-0.2, -0.15) is 0 Å². The van der Waals surface area contributed by atoms with Crippen LogP contribution in [0.2, 0.25) is 0 Å². The number of nitrogens with zero attached hydrogens (tertiary/aromatic N) is 2. The van der Waals surface area contributed by atoms with Gasteiger partial charge in [0, 0.05) is 12.1 Å². The summed E-state index contributed by atoms with van der Waals surface area (Å²) in [6.45, 7) is 6.36. The van der Waals surface area contributed by atoms with Gasteiger partial charge in [0.1, 0.15) is 5.01 Å². The Labute approximate surface area is 198 Å². The maximum Gasteiger partial charge on any atom is 0.290 e. The molecule has 3 aromatic rings. The number of Topliss-reactive ketones (excluding diaryl/α,β-unsaturated/α-hetero) is 1. The van der Waals surface area contributed by atoms with Gasteiger partial charge in [-0.3, -0.25) is 9.59 Å². The molecule has 0 aliphatic carbocycles. The summed E-state index contributed by atoms with van der Waals surface area (Å²) in [5, 5.41) is 11.6. The molecule has 4 rings (SSSR count). The third-order valence-electron chi connectivity index (χ3n) is 6.06. The summed E-state index contributed by atoms with van der Waals surface area (Å²) >= 11 is 1.30. The molecule has 1 aliphatic heterocycles. The molecule has 1 amide bonds. The quantitative estimate of drug-likeness (QED) is 0.321. The standard InChI is InChI=1S/C27H28N2O3S/c1-4-5-11-16-29-22(20-15-10-9-12-17(20)2)21(24(31)27(29)32)23(30)25-18(3)28-26(33-25)19-13-7-6-8-14-19/h6-10,12-15,22,31H,4-5,11,16H2,1-3H3. The van der Waals surface area contributed by atoms with Crippen LogP contribution in [-0.4, -0.2) is 33.2 Å². The van der Waals surface area contributed by atoms with Gasteiger partial charge in [-0.15, -0.1) is 11.3 Å². The van der Waals surface area contributed by atoms with E-state index < -0.39 is 17.7 Å². The van der Waals surface area contributed by atoms with E-state index in [0.717, 1.165) is 41.0 Å². The molecule has 0 fully saturated rings. The monoisotopic (exact) mass is 460 g/mol. The number of ketones is 1. The van der Waals surface area contributed by atoms with Crippen LogP contribution in [0.3, 0.4) is 0 Å². The highest BCUT2D eigenvalue weighted by Crippen LogP contribution is 2.42. The lowest BCUT2D eigenvalue weighted by atomic mass is 9.92. The van der Waals surface area contributed by atoms with Gasteiger partial charge in [-0.1, -0.05) is 74.4 Å². The lowest BCUT2D eigenvalue weighted by Gasteiger charge is -2.28. The summed E-state index contributed by atoms with van der Waals surface area (Å²) in [5.41, 5.74) is 3.52. The third kappa shape index (κ3) is 4.35. The SMILES string of the molecule is CCCCCN1C(=O)C(O)=C(C(=O)c2sc(-c3ccccc3)nc2C)C1c1ccccc1C. The number of rotatable bonds is 8. The number of hydrogen-bond donors (Lipinski definition) is 1. The molecule has 1 N–H and O–H groups in total. The number of amides is 1. The fourth-order valence-corrected chi connectivity index (χ4v) is 5.32. The fourth-order valence-electron chi connectivity index (χ4n) is 4.30. The van der Waals surface area contributed by atoms with E-state index in [1.807, 2.05) is 61.5 Å². The van der Waals surface area contributed by atoms with E-state index in [-0.39, 0.29) is 11.4 Å². The molecule has 0 radical (unpaired) electrons. The molecule has 2 heterocycles.